The van der Waals surface area contributed by atoms with Crippen molar-refractivity contribution >= 4 is 24.7 Å². The summed E-state index contributed by atoms with van der Waals surface area (Å²) in [7, 11) is -2.67. The number of carbonyl (C=O) groups excluding carboxylic acids is 1. The van der Waals surface area contributed by atoms with E-state index >= 15 is 0 Å². The lowest BCUT2D eigenvalue weighted by Crippen LogP contribution is -2.66. The van der Waals surface area contributed by atoms with Crippen LogP contribution in [0.2, 0.25) is 5.04 Å². The number of esters is 1. The highest BCUT2D eigenvalue weighted by molar-refractivity contribution is 6.99. The molecular formula is C39H46O4Si. The third kappa shape index (κ3) is 8.66. The second kappa shape index (κ2) is 15.8. The molecule has 0 saturated carbocycles. The summed E-state index contributed by atoms with van der Waals surface area (Å²) in [5, 5.41) is 13.2. The van der Waals surface area contributed by atoms with Crippen LogP contribution in [-0.4, -0.2) is 38.2 Å². The van der Waals surface area contributed by atoms with Crippen molar-refractivity contribution in [3.8, 4) is 0 Å². The van der Waals surface area contributed by atoms with Crippen LogP contribution in [0.4, 0.5) is 0 Å². The second-order valence-corrected chi connectivity index (χ2v) is 16.8. The molecule has 4 nitrogen and oxygen atoms in total. The molecule has 0 fully saturated rings. The van der Waals surface area contributed by atoms with E-state index in [0.29, 0.717) is 37.9 Å². The molecule has 0 spiro atoms. The quantitative estimate of drug-likeness (QED) is 0.0659. The highest BCUT2D eigenvalue weighted by Crippen LogP contribution is 2.37. The Morgan fingerprint density at radius 1 is 0.773 bits per heavy atom. The van der Waals surface area contributed by atoms with Crippen molar-refractivity contribution in [1.82, 2.24) is 0 Å². The maximum Gasteiger partial charge on any atom is 0.338 e. The largest absolute Gasteiger partial charge is 0.454 e. The van der Waals surface area contributed by atoms with Gasteiger partial charge in [-0.05, 0) is 70.8 Å². The SMILES string of the molecule is C=C(C[C@@H](O)CCc1ccccc1)[C@H](CCCO[Si](c1ccccc1)(c1ccccc1)C(C)(C)C)OC(=O)c1ccccc1. The van der Waals surface area contributed by atoms with Gasteiger partial charge in [-0.1, -0.05) is 137 Å². The fraction of sp³-hybridized carbons (Fsp3) is 0.308. The van der Waals surface area contributed by atoms with Gasteiger partial charge in [0.1, 0.15) is 6.10 Å². The minimum atomic E-state index is -2.67. The van der Waals surface area contributed by atoms with Crippen molar-refractivity contribution in [1.29, 1.82) is 0 Å². The highest BCUT2D eigenvalue weighted by atomic mass is 28.4. The van der Waals surface area contributed by atoms with Crippen LogP contribution in [0.25, 0.3) is 0 Å². The predicted octanol–water partition coefficient (Wildman–Crippen LogP) is 7.51. The van der Waals surface area contributed by atoms with Crippen molar-refractivity contribution in [3.63, 3.8) is 0 Å². The lowest BCUT2D eigenvalue weighted by molar-refractivity contribution is 0.0324. The molecule has 2 atom stereocenters. The van der Waals surface area contributed by atoms with Gasteiger partial charge in [-0.15, -0.1) is 0 Å². The maximum absolute atomic E-state index is 13.1. The topological polar surface area (TPSA) is 55.8 Å². The molecule has 0 aliphatic rings. The number of benzene rings is 4. The monoisotopic (exact) mass is 606 g/mol. The van der Waals surface area contributed by atoms with E-state index in [9.17, 15) is 9.90 Å². The molecule has 0 unspecified atom stereocenters. The number of aryl methyl sites for hydroxylation is 1. The summed E-state index contributed by atoms with van der Waals surface area (Å²) < 4.78 is 13.1. The first-order valence-corrected chi connectivity index (χ1v) is 17.5. The van der Waals surface area contributed by atoms with Gasteiger partial charge < -0.3 is 14.3 Å². The summed E-state index contributed by atoms with van der Waals surface area (Å²) >= 11 is 0. The van der Waals surface area contributed by atoms with Crippen molar-refractivity contribution in [3.05, 3.63) is 145 Å². The second-order valence-electron chi connectivity index (χ2n) is 12.5. The molecular weight excluding hydrogens is 561 g/mol. The number of aliphatic hydroxyl groups is 1. The van der Waals surface area contributed by atoms with E-state index in [2.05, 4.69) is 88.0 Å². The van der Waals surface area contributed by atoms with Crippen LogP contribution in [0.15, 0.2) is 133 Å². The molecule has 0 bridgehead atoms. The van der Waals surface area contributed by atoms with Gasteiger partial charge in [0, 0.05) is 6.61 Å². The number of hydrogen-bond acceptors (Lipinski definition) is 4. The number of aliphatic hydroxyl groups excluding tert-OH is 1. The van der Waals surface area contributed by atoms with Crippen molar-refractivity contribution in [2.75, 3.05) is 6.61 Å². The lowest BCUT2D eigenvalue weighted by atomic mass is 9.97. The van der Waals surface area contributed by atoms with Gasteiger partial charge in [-0.2, -0.15) is 0 Å². The molecule has 5 heteroatoms. The number of ether oxygens (including phenoxy) is 1. The van der Waals surface area contributed by atoms with Gasteiger partial charge in [-0.3, -0.25) is 0 Å². The Bertz CT molecular complexity index is 1390. The number of rotatable bonds is 15. The van der Waals surface area contributed by atoms with Gasteiger partial charge >= 0.3 is 5.97 Å². The van der Waals surface area contributed by atoms with Gasteiger partial charge in [0.15, 0.2) is 0 Å². The Hall–Kier alpha value is -3.77. The van der Waals surface area contributed by atoms with Crippen LogP contribution in [0.5, 0.6) is 0 Å². The Kier molecular flexibility index (Phi) is 11.9. The minimum Gasteiger partial charge on any atom is -0.454 e. The Morgan fingerprint density at radius 3 is 1.80 bits per heavy atom. The fourth-order valence-corrected chi connectivity index (χ4v) is 10.5. The summed E-state index contributed by atoms with van der Waals surface area (Å²) in [5.41, 5.74) is 2.41. The van der Waals surface area contributed by atoms with E-state index in [0.717, 1.165) is 12.0 Å². The molecule has 1 N–H and O–H groups in total. The molecule has 4 aromatic rings. The third-order valence-corrected chi connectivity index (χ3v) is 13.2. The third-order valence-electron chi connectivity index (χ3n) is 8.17. The van der Waals surface area contributed by atoms with E-state index < -0.39 is 20.5 Å². The van der Waals surface area contributed by atoms with Gasteiger partial charge in [0.25, 0.3) is 8.32 Å². The van der Waals surface area contributed by atoms with Crippen molar-refractivity contribution in [2.24, 2.45) is 0 Å². The van der Waals surface area contributed by atoms with E-state index in [1.54, 1.807) is 12.1 Å². The molecule has 4 aromatic carbocycles. The smallest absolute Gasteiger partial charge is 0.338 e. The van der Waals surface area contributed by atoms with Crippen LogP contribution in [0.1, 0.15) is 62.4 Å². The first-order chi connectivity index (χ1) is 21.2. The summed E-state index contributed by atoms with van der Waals surface area (Å²) in [5.74, 6) is -0.386. The van der Waals surface area contributed by atoms with Crippen molar-refractivity contribution < 1.29 is 19.1 Å². The van der Waals surface area contributed by atoms with E-state index in [4.69, 9.17) is 9.16 Å². The molecule has 0 aliphatic heterocycles. The van der Waals surface area contributed by atoms with E-state index in [1.807, 2.05) is 48.5 Å². The molecule has 230 valence electrons. The molecule has 44 heavy (non-hydrogen) atoms. The van der Waals surface area contributed by atoms with Crippen LogP contribution in [-0.2, 0) is 15.6 Å². The zero-order valence-corrected chi connectivity index (χ0v) is 27.3. The molecule has 0 aliphatic carbocycles. The lowest BCUT2D eigenvalue weighted by Gasteiger charge is -2.43. The van der Waals surface area contributed by atoms with Crippen LogP contribution < -0.4 is 10.4 Å². The minimum absolute atomic E-state index is 0.124. The summed E-state index contributed by atoms with van der Waals surface area (Å²) in [6.45, 7) is 11.6. The first kappa shape index (κ1) is 33.1. The average Bonchev–Trinajstić information content (AvgIpc) is 3.04. The Balaban J connectivity index is 1.48. The van der Waals surface area contributed by atoms with Crippen molar-refractivity contribution in [2.45, 2.75) is 70.1 Å². The molecule has 0 radical (unpaired) electrons. The Labute approximate surface area is 264 Å². The summed E-state index contributed by atoms with van der Waals surface area (Å²) in [6.07, 6.45) is 1.88. The van der Waals surface area contributed by atoms with E-state index in [-0.39, 0.29) is 11.0 Å². The highest BCUT2D eigenvalue weighted by Gasteiger charge is 2.50. The summed E-state index contributed by atoms with van der Waals surface area (Å²) in [4.78, 5) is 13.1. The molecule has 0 saturated heterocycles. The van der Waals surface area contributed by atoms with Crippen LogP contribution in [0, 0.1) is 0 Å². The average molecular weight is 607 g/mol. The molecule has 4 rings (SSSR count). The fourth-order valence-electron chi connectivity index (χ4n) is 5.89. The van der Waals surface area contributed by atoms with Crippen LogP contribution >= 0.6 is 0 Å². The first-order valence-electron chi connectivity index (χ1n) is 15.6. The van der Waals surface area contributed by atoms with E-state index in [1.165, 1.54) is 15.9 Å². The predicted molar refractivity (Wildman–Crippen MR) is 183 cm³/mol. The molecule has 0 heterocycles. The van der Waals surface area contributed by atoms with Gasteiger partial charge in [0.05, 0.1) is 11.7 Å². The maximum atomic E-state index is 13.1. The van der Waals surface area contributed by atoms with Crippen LogP contribution in [0.3, 0.4) is 0 Å². The summed E-state index contributed by atoms with van der Waals surface area (Å²) in [6, 6.07) is 40.3. The normalized spacial score (nSPS) is 13.2. The number of hydrogen-bond donors (Lipinski definition) is 1. The molecule has 0 amide bonds. The zero-order chi connectivity index (χ0) is 31.4. The standard InChI is InChI=1S/C39H46O4Si/c1-31(30-34(40)28-27-32-18-9-5-10-19-32)37(43-38(41)33-20-11-6-12-21-33)26-17-29-42-44(39(2,3)4,35-22-13-7-14-23-35)36-24-15-8-16-25-36/h5-16,18-25,34,37,40H,1,17,26-30H2,2-4H3/t34-,37-/m0/s1. The molecule has 0 aromatic heterocycles. The zero-order valence-electron chi connectivity index (χ0n) is 26.3. The number of carbonyl (C=O) groups is 1. The van der Waals surface area contributed by atoms with Gasteiger partial charge in [0.2, 0.25) is 0 Å². The van der Waals surface area contributed by atoms with Gasteiger partial charge in [-0.25, -0.2) is 4.79 Å². The Morgan fingerprint density at radius 2 is 1.27 bits per heavy atom.